The molecule has 0 aromatic heterocycles. The number of thioether (sulfide) groups is 1. The molecule has 2 aromatic carbocycles. The van der Waals surface area contributed by atoms with Crippen LogP contribution in [0.25, 0.3) is 6.08 Å². The summed E-state index contributed by atoms with van der Waals surface area (Å²) in [6, 6.07) is 9.42. The number of nitrogens with one attached hydrogen (secondary N) is 1. The van der Waals surface area contributed by atoms with E-state index in [9.17, 15) is 4.79 Å². The van der Waals surface area contributed by atoms with Gasteiger partial charge in [0.1, 0.15) is 23.3 Å². The first-order valence-electron chi connectivity index (χ1n) is 8.82. The van der Waals surface area contributed by atoms with Gasteiger partial charge in [-0.25, -0.2) is 0 Å². The van der Waals surface area contributed by atoms with Crippen molar-refractivity contribution in [1.29, 1.82) is 0 Å². The van der Waals surface area contributed by atoms with E-state index in [1.54, 1.807) is 18.2 Å². The predicted octanol–water partition coefficient (Wildman–Crippen LogP) is 4.91. The average Bonchev–Trinajstić information content (AvgIpc) is 2.99. The number of carbonyl (C=O) groups is 1. The van der Waals surface area contributed by atoms with Crippen LogP contribution in [0.3, 0.4) is 0 Å². The van der Waals surface area contributed by atoms with E-state index in [1.165, 1.54) is 30.0 Å². The molecule has 0 unspecified atom stereocenters. The van der Waals surface area contributed by atoms with Gasteiger partial charge in [-0.1, -0.05) is 41.6 Å². The summed E-state index contributed by atoms with van der Waals surface area (Å²) in [4.78, 5) is 12.3. The van der Waals surface area contributed by atoms with Gasteiger partial charge in [-0.2, -0.15) is 0 Å². The summed E-state index contributed by atoms with van der Waals surface area (Å²) in [6.07, 6.45) is 1.71. The number of benzene rings is 2. The van der Waals surface area contributed by atoms with E-state index in [0.29, 0.717) is 44.5 Å². The number of hydrogen-bond donors (Lipinski definition) is 1. The minimum Gasteiger partial charge on any atom is -0.493 e. The Labute approximate surface area is 184 Å². The summed E-state index contributed by atoms with van der Waals surface area (Å²) in [5.74, 6) is 1.47. The number of rotatable bonds is 7. The molecule has 0 spiro atoms. The molecule has 1 N–H and O–H groups in total. The first kappa shape index (κ1) is 21.5. The highest BCUT2D eigenvalue weighted by Crippen LogP contribution is 2.38. The fraction of sp³-hybridized carbons (Fsp3) is 0.238. The largest absolute Gasteiger partial charge is 0.493 e. The number of aryl methyl sites for hydroxylation is 2. The van der Waals surface area contributed by atoms with E-state index in [0.717, 1.165) is 5.75 Å². The van der Waals surface area contributed by atoms with Crippen molar-refractivity contribution in [1.82, 2.24) is 5.32 Å². The van der Waals surface area contributed by atoms with Crippen LogP contribution in [0.15, 0.2) is 35.2 Å². The summed E-state index contributed by atoms with van der Waals surface area (Å²) in [6.45, 7) is 4.77. The maximum Gasteiger partial charge on any atom is 0.263 e. The number of amides is 1. The van der Waals surface area contributed by atoms with Crippen molar-refractivity contribution in [2.75, 3.05) is 20.3 Å². The van der Waals surface area contributed by atoms with Crippen molar-refractivity contribution in [3.63, 3.8) is 0 Å². The molecule has 1 heterocycles. The van der Waals surface area contributed by atoms with E-state index in [1.807, 2.05) is 25.1 Å². The summed E-state index contributed by atoms with van der Waals surface area (Å²) in [7, 11) is 1.53. The number of methoxy groups -OCH3 is 1. The number of ether oxygens (including phenoxy) is 3. The van der Waals surface area contributed by atoms with Crippen LogP contribution in [0, 0.1) is 13.8 Å². The minimum atomic E-state index is -0.223. The second-order valence-corrected chi connectivity index (χ2v) is 8.46. The molecule has 1 fully saturated rings. The zero-order chi connectivity index (χ0) is 21.0. The minimum absolute atomic E-state index is 0.223. The van der Waals surface area contributed by atoms with Gasteiger partial charge in [0.15, 0.2) is 11.5 Å². The fourth-order valence-electron chi connectivity index (χ4n) is 2.64. The van der Waals surface area contributed by atoms with Crippen molar-refractivity contribution < 1.29 is 19.0 Å². The molecule has 0 saturated carbocycles. The Hall–Kier alpha value is -2.22. The van der Waals surface area contributed by atoms with Crippen LogP contribution in [0.4, 0.5) is 0 Å². The second-order valence-electron chi connectivity index (χ2n) is 6.33. The number of hydrogen-bond acceptors (Lipinski definition) is 6. The summed E-state index contributed by atoms with van der Waals surface area (Å²) >= 11 is 12.6. The van der Waals surface area contributed by atoms with Gasteiger partial charge in [-0.05, 0) is 60.9 Å². The smallest absolute Gasteiger partial charge is 0.263 e. The van der Waals surface area contributed by atoms with Crippen LogP contribution in [0.2, 0.25) is 5.02 Å². The van der Waals surface area contributed by atoms with Crippen LogP contribution >= 0.6 is 35.6 Å². The lowest BCUT2D eigenvalue weighted by Crippen LogP contribution is -2.17. The third kappa shape index (κ3) is 5.44. The van der Waals surface area contributed by atoms with Gasteiger partial charge in [0, 0.05) is 0 Å². The van der Waals surface area contributed by atoms with Crippen LogP contribution in [0.5, 0.6) is 17.2 Å². The van der Waals surface area contributed by atoms with Crippen molar-refractivity contribution in [2.45, 2.75) is 13.8 Å². The molecule has 0 radical (unpaired) electrons. The first-order valence-corrected chi connectivity index (χ1v) is 10.4. The van der Waals surface area contributed by atoms with Gasteiger partial charge in [0.2, 0.25) is 0 Å². The normalized spacial score (nSPS) is 14.8. The van der Waals surface area contributed by atoms with E-state index < -0.39 is 0 Å². The summed E-state index contributed by atoms with van der Waals surface area (Å²) < 4.78 is 17.4. The fourth-order valence-corrected chi connectivity index (χ4v) is 3.96. The molecule has 1 saturated heterocycles. The zero-order valence-corrected chi connectivity index (χ0v) is 18.6. The molecular formula is C21H20ClNO4S2. The molecule has 0 aliphatic carbocycles. The highest BCUT2D eigenvalue weighted by molar-refractivity contribution is 8.26. The summed E-state index contributed by atoms with van der Waals surface area (Å²) in [5, 5.41) is 2.96. The first-order chi connectivity index (χ1) is 13.9. The Kier molecular flexibility index (Phi) is 7.05. The third-order valence-electron chi connectivity index (χ3n) is 4.27. The average molecular weight is 450 g/mol. The molecule has 5 nitrogen and oxygen atoms in total. The number of halogens is 1. The summed E-state index contributed by atoms with van der Waals surface area (Å²) in [5.41, 5.74) is 3.11. The molecule has 1 amide bonds. The van der Waals surface area contributed by atoms with Crippen molar-refractivity contribution >= 4 is 51.9 Å². The molecule has 0 atom stereocenters. The zero-order valence-electron chi connectivity index (χ0n) is 16.2. The molecule has 1 aliphatic heterocycles. The van der Waals surface area contributed by atoms with Gasteiger partial charge in [-0.15, -0.1) is 0 Å². The van der Waals surface area contributed by atoms with Gasteiger partial charge in [0.05, 0.1) is 17.0 Å². The Morgan fingerprint density at radius 3 is 2.55 bits per heavy atom. The van der Waals surface area contributed by atoms with E-state index >= 15 is 0 Å². The van der Waals surface area contributed by atoms with Gasteiger partial charge < -0.3 is 19.5 Å². The van der Waals surface area contributed by atoms with Gasteiger partial charge in [0.25, 0.3) is 5.91 Å². The topological polar surface area (TPSA) is 56.8 Å². The van der Waals surface area contributed by atoms with Gasteiger partial charge in [-0.3, -0.25) is 4.79 Å². The maximum atomic E-state index is 11.8. The highest BCUT2D eigenvalue weighted by Gasteiger charge is 2.22. The lowest BCUT2D eigenvalue weighted by atomic mass is 10.1. The molecule has 152 valence electrons. The second kappa shape index (κ2) is 9.52. The SMILES string of the molecule is COc1cc(C=C2SC(=S)NC2=O)cc(Cl)c1OCCOc1ccc(C)c(C)c1. The Morgan fingerprint density at radius 1 is 1.14 bits per heavy atom. The lowest BCUT2D eigenvalue weighted by molar-refractivity contribution is -0.115. The number of thiocarbonyl (C=S) groups is 1. The molecule has 1 aliphatic rings. The van der Waals surface area contributed by atoms with Crippen molar-refractivity contribution in [2.24, 2.45) is 0 Å². The van der Waals surface area contributed by atoms with E-state index in [-0.39, 0.29) is 5.91 Å². The van der Waals surface area contributed by atoms with Crippen molar-refractivity contribution in [3.8, 4) is 17.2 Å². The molecule has 29 heavy (non-hydrogen) atoms. The maximum absolute atomic E-state index is 11.8. The Bertz CT molecular complexity index is 991. The van der Waals surface area contributed by atoms with Crippen molar-refractivity contribution in [3.05, 3.63) is 56.9 Å². The van der Waals surface area contributed by atoms with E-state index in [2.05, 4.69) is 12.2 Å². The quantitative estimate of drug-likeness (QED) is 0.368. The Morgan fingerprint density at radius 2 is 1.90 bits per heavy atom. The monoisotopic (exact) mass is 449 g/mol. The number of carbonyl (C=O) groups excluding carboxylic acids is 1. The van der Waals surface area contributed by atoms with Crippen LogP contribution < -0.4 is 19.5 Å². The third-order valence-corrected chi connectivity index (χ3v) is 5.71. The molecular weight excluding hydrogens is 430 g/mol. The molecule has 2 aromatic rings. The van der Waals surface area contributed by atoms with Crippen LogP contribution in [-0.2, 0) is 4.79 Å². The molecule has 8 heteroatoms. The lowest BCUT2D eigenvalue weighted by Gasteiger charge is -2.14. The highest BCUT2D eigenvalue weighted by atomic mass is 35.5. The molecule has 3 rings (SSSR count). The van der Waals surface area contributed by atoms with Crippen LogP contribution in [-0.4, -0.2) is 30.6 Å². The van der Waals surface area contributed by atoms with Crippen LogP contribution in [0.1, 0.15) is 16.7 Å². The van der Waals surface area contributed by atoms with Gasteiger partial charge >= 0.3 is 0 Å². The Balaban J connectivity index is 1.66. The molecule has 0 bridgehead atoms. The predicted molar refractivity (Wildman–Crippen MR) is 121 cm³/mol. The van der Waals surface area contributed by atoms with E-state index in [4.69, 9.17) is 38.0 Å². The standard InChI is InChI=1S/C21H20ClNO4S2/c1-12-4-5-15(8-13(12)2)26-6-7-27-19-16(22)9-14(10-17(19)25-3)11-18-20(24)23-21(28)29-18/h4-5,8-11H,6-7H2,1-3H3,(H,23,24,28).